The number of piperazine rings is 1. The van der Waals surface area contributed by atoms with Crippen molar-refractivity contribution >= 4 is 32.5 Å². The number of hydrogen-bond acceptors (Lipinski definition) is 6. The second-order valence-electron chi connectivity index (χ2n) is 8.92. The standard InChI is InChI=1S/C22H33N5O3S2/c23-16-19-18-8-4-3-5-9-20(18)31-22(19)24-21(28)17-25-12-14-27(15-13-25)32(29,30)26-10-6-1-2-7-11-26/h1-15,17H2,(H,24,28). The molecule has 1 amide bonds. The van der Waals surface area contributed by atoms with Crippen molar-refractivity contribution in [2.45, 2.75) is 57.8 Å². The summed E-state index contributed by atoms with van der Waals surface area (Å²) in [7, 11) is -3.42. The van der Waals surface area contributed by atoms with Crippen LogP contribution in [0.5, 0.6) is 0 Å². The molecule has 0 radical (unpaired) electrons. The first-order chi connectivity index (χ1) is 15.5. The van der Waals surface area contributed by atoms with Gasteiger partial charge in [0.05, 0.1) is 12.1 Å². The first-order valence-electron chi connectivity index (χ1n) is 11.8. The Balaban J connectivity index is 1.31. The number of carbonyl (C=O) groups excluding carboxylic acids is 1. The van der Waals surface area contributed by atoms with E-state index in [9.17, 15) is 18.5 Å². The van der Waals surface area contributed by atoms with Crippen molar-refractivity contribution in [3.05, 3.63) is 16.0 Å². The van der Waals surface area contributed by atoms with E-state index in [0.717, 1.165) is 56.9 Å². The zero-order valence-corrected chi connectivity index (χ0v) is 20.3. The van der Waals surface area contributed by atoms with Crippen molar-refractivity contribution in [2.24, 2.45) is 0 Å². The lowest BCUT2D eigenvalue weighted by Gasteiger charge is -2.36. The molecule has 2 aliphatic heterocycles. The molecule has 0 atom stereocenters. The van der Waals surface area contributed by atoms with Crippen LogP contribution in [0.15, 0.2) is 0 Å². The number of rotatable bonds is 5. The third-order valence-corrected chi connectivity index (χ3v) is 9.94. The van der Waals surface area contributed by atoms with E-state index in [1.807, 2.05) is 4.90 Å². The zero-order chi connectivity index (χ0) is 22.6. The van der Waals surface area contributed by atoms with Crippen LogP contribution in [-0.2, 0) is 27.8 Å². The third-order valence-electron chi connectivity index (χ3n) is 6.70. The van der Waals surface area contributed by atoms with Crippen molar-refractivity contribution in [2.75, 3.05) is 51.1 Å². The number of amides is 1. The fourth-order valence-corrected chi connectivity index (χ4v) is 7.80. The van der Waals surface area contributed by atoms with E-state index in [1.54, 1.807) is 19.9 Å². The summed E-state index contributed by atoms with van der Waals surface area (Å²) in [5.41, 5.74) is 1.76. The predicted octanol–water partition coefficient (Wildman–Crippen LogP) is 2.57. The summed E-state index contributed by atoms with van der Waals surface area (Å²) in [6.07, 6.45) is 9.36. The molecule has 2 fully saturated rings. The van der Waals surface area contributed by atoms with E-state index < -0.39 is 10.2 Å². The number of aryl methyl sites for hydroxylation is 1. The van der Waals surface area contributed by atoms with Gasteiger partial charge in [0, 0.05) is 44.1 Å². The number of fused-ring (bicyclic) bond motifs is 1. The van der Waals surface area contributed by atoms with Crippen molar-refractivity contribution < 1.29 is 13.2 Å². The molecular formula is C22H33N5O3S2. The summed E-state index contributed by atoms with van der Waals surface area (Å²) in [5.74, 6) is -0.137. The Morgan fingerprint density at radius 1 is 0.906 bits per heavy atom. The molecule has 1 aromatic rings. The lowest BCUT2D eigenvalue weighted by molar-refractivity contribution is -0.117. The Bertz CT molecular complexity index is 953. The lowest BCUT2D eigenvalue weighted by atomic mass is 10.1. The summed E-state index contributed by atoms with van der Waals surface area (Å²) in [4.78, 5) is 15.9. The Morgan fingerprint density at radius 2 is 1.53 bits per heavy atom. The predicted molar refractivity (Wildman–Crippen MR) is 126 cm³/mol. The Hall–Kier alpha value is -1.51. The van der Waals surface area contributed by atoms with Gasteiger partial charge in [-0.1, -0.05) is 19.3 Å². The second kappa shape index (κ2) is 10.6. The maximum Gasteiger partial charge on any atom is 0.282 e. The van der Waals surface area contributed by atoms with Crippen molar-refractivity contribution in [3.63, 3.8) is 0 Å². The molecule has 0 unspecified atom stereocenters. The van der Waals surface area contributed by atoms with Gasteiger partial charge in [-0.05, 0) is 44.1 Å². The highest BCUT2D eigenvalue weighted by Crippen LogP contribution is 2.37. The van der Waals surface area contributed by atoms with E-state index >= 15 is 0 Å². The van der Waals surface area contributed by atoms with Gasteiger partial charge in [0.1, 0.15) is 11.1 Å². The van der Waals surface area contributed by atoms with Gasteiger partial charge in [0.25, 0.3) is 10.2 Å². The Labute approximate surface area is 195 Å². The van der Waals surface area contributed by atoms with Crippen LogP contribution in [0.2, 0.25) is 0 Å². The highest BCUT2D eigenvalue weighted by Gasteiger charge is 2.33. The second-order valence-corrected chi connectivity index (χ2v) is 12.0. The van der Waals surface area contributed by atoms with E-state index in [2.05, 4.69) is 11.4 Å². The summed E-state index contributed by atoms with van der Waals surface area (Å²) in [6.45, 7) is 3.31. The smallest absolute Gasteiger partial charge is 0.282 e. The maximum absolute atomic E-state index is 13.0. The molecule has 3 aliphatic rings. The molecule has 8 nitrogen and oxygen atoms in total. The topological polar surface area (TPSA) is 96.7 Å². The summed E-state index contributed by atoms with van der Waals surface area (Å²) >= 11 is 1.55. The molecule has 1 aromatic heterocycles. The lowest BCUT2D eigenvalue weighted by Crippen LogP contribution is -2.54. The first kappa shape index (κ1) is 23.6. The molecule has 10 heteroatoms. The summed E-state index contributed by atoms with van der Waals surface area (Å²) in [6, 6.07) is 2.30. The number of thiophene rings is 1. The third kappa shape index (κ3) is 5.34. The largest absolute Gasteiger partial charge is 0.315 e. The molecule has 1 N–H and O–H groups in total. The van der Waals surface area contributed by atoms with Gasteiger partial charge in [0.2, 0.25) is 5.91 Å². The van der Waals surface area contributed by atoms with Crippen molar-refractivity contribution in [3.8, 4) is 6.07 Å². The number of nitrogens with one attached hydrogen (secondary N) is 1. The van der Waals surface area contributed by atoms with E-state index in [0.29, 0.717) is 49.8 Å². The summed E-state index contributed by atoms with van der Waals surface area (Å²) in [5, 5.41) is 13.3. The van der Waals surface area contributed by atoms with Gasteiger partial charge in [-0.15, -0.1) is 11.3 Å². The van der Waals surface area contributed by atoms with Crippen LogP contribution in [-0.4, -0.2) is 73.6 Å². The Morgan fingerprint density at radius 3 is 2.22 bits per heavy atom. The molecule has 0 bridgehead atoms. The number of anilines is 1. The van der Waals surface area contributed by atoms with Gasteiger partial charge in [-0.3, -0.25) is 9.69 Å². The van der Waals surface area contributed by atoms with Crippen LogP contribution < -0.4 is 5.32 Å². The van der Waals surface area contributed by atoms with E-state index in [4.69, 9.17) is 0 Å². The summed E-state index contributed by atoms with van der Waals surface area (Å²) < 4.78 is 29.2. The molecule has 0 aromatic carbocycles. The minimum absolute atomic E-state index is 0.137. The molecule has 4 rings (SSSR count). The van der Waals surface area contributed by atoms with Crippen LogP contribution in [0.3, 0.4) is 0 Å². The minimum Gasteiger partial charge on any atom is -0.315 e. The average molecular weight is 480 g/mol. The van der Waals surface area contributed by atoms with Crippen LogP contribution >= 0.6 is 11.3 Å². The maximum atomic E-state index is 13.0. The monoisotopic (exact) mass is 479 g/mol. The average Bonchev–Trinajstić information content (AvgIpc) is 3.01. The molecule has 2 saturated heterocycles. The molecular weight excluding hydrogens is 446 g/mol. The zero-order valence-electron chi connectivity index (χ0n) is 18.6. The Kier molecular flexibility index (Phi) is 7.84. The van der Waals surface area contributed by atoms with Crippen LogP contribution in [0.4, 0.5) is 5.00 Å². The van der Waals surface area contributed by atoms with E-state index in [1.165, 1.54) is 11.3 Å². The fraction of sp³-hybridized carbons (Fsp3) is 0.727. The molecule has 3 heterocycles. The first-order valence-corrected chi connectivity index (χ1v) is 14.0. The van der Waals surface area contributed by atoms with E-state index in [-0.39, 0.29) is 12.5 Å². The minimum atomic E-state index is -3.42. The fourth-order valence-electron chi connectivity index (χ4n) is 4.87. The van der Waals surface area contributed by atoms with Gasteiger partial charge in [0.15, 0.2) is 0 Å². The van der Waals surface area contributed by atoms with Gasteiger partial charge >= 0.3 is 0 Å². The van der Waals surface area contributed by atoms with Gasteiger partial charge in [-0.2, -0.15) is 22.3 Å². The molecule has 0 saturated carbocycles. The molecule has 0 spiro atoms. The van der Waals surface area contributed by atoms with Crippen molar-refractivity contribution in [1.29, 1.82) is 5.26 Å². The SMILES string of the molecule is N#Cc1c(NC(=O)CN2CCN(S(=O)(=O)N3CCCCCC3)CC2)sc2c1CCCCC2. The highest BCUT2D eigenvalue weighted by molar-refractivity contribution is 7.86. The van der Waals surface area contributed by atoms with Gasteiger partial charge < -0.3 is 5.32 Å². The highest BCUT2D eigenvalue weighted by atomic mass is 32.2. The van der Waals surface area contributed by atoms with Gasteiger partial charge in [-0.25, -0.2) is 0 Å². The van der Waals surface area contributed by atoms with Crippen LogP contribution in [0, 0.1) is 11.3 Å². The number of hydrogen-bond donors (Lipinski definition) is 1. The number of nitriles is 1. The number of nitrogens with zero attached hydrogens (tertiary/aromatic N) is 4. The molecule has 1 aliphatic carbocycles. The van der Waals surface area contributed by atoms with Crippen molar-refractivity contribution in [1.82, 2.24) is 13.5 Å². The normalized spacial score (nSPS) is 21.8. The van der Waals surface area contributed by atoms with Crippen LogP contribution in [0.1, 0.15) is 60.9 Å². The molecule has 176 valence electrons. The quantitative estimate of drug-likeness (QED) is 0.655. The number of carbonyl (C=O) groups is 1. The molecule has 32 heavy (non-hydrogen) atoms. The van der Waals surface area contributed by atoms with Crippen LogP contribution in [0.25, 0.3) is 0 Å².